The highest BCUT2D eigenvalue weighted by molar-refractivity contribution is 5.40. The van der Waals surface area contributed by atoms with Crippen LogP contribution in [-0.2, 0) is 16.9 Å². The zero-order chi connectivity index (χ0) is 13.8. The first-order valence-electron chi connectivity index (χ1n) is 7.73. The molecule has 1 aromatic carbocycles. The molecule has 0 bridgehead atoms. The van der Waals surface area contributed by atoms with E-state index in [9.17, 15) is 4.79 Å². The predicted molar refractivity (Wildman–Crippen MR) is 79.2 cm³/mol. The highest BCUT2D eigenvalue weighted by Gasteiger charge is 2.38. The molecule has 1 heterocycles. The number of carbonyl (C=O) groups excluding carboxylic acids is 1. The second kappa shape index (κ2) is 5.90. The van der Waals surface area contributed by atoms with E-state index in [2.05, 4.69) is 34.2 Å². The van der Waals surface area contributed by atoms with Gasteiger partial charge in [-0.05, 0) is 56.3 Å². The van der Waals surface area contributed by atoms with E-state index in [0.717, 1.165) is 25.8 Å². The third kappa shape index (κ3) is 2.70. The third-order valence-electron chi connectivity index (χ3n) is 4.79. The standard InChI is InChI=1S/C17H22N2O/c20-14-18-17(9-4-10-17)16-7-5-15(6-8-16)13-19-11-2-1-3-12-19/h5-8H,1-4,9-13H2. The van der Waals surface area contributed by atoms with Crippen LogP contribution in [0.4, 0.5) is 0 Å². The molecule has 1 saturated heterocycles. The third-order valence-corrected chi connectivity index (χ3v) is 4.79. The summed E-state index contributed by atoms with van der Waals surface area (Å²) in [7, 11) is 0. The Bertz CT molecular complexity index is 492. The first-order valence-corrected chi connectivity index (χ1v) is 7.73. The molecule has 2 aliphatic rings. The maximum absolute atomic E-state index is 10.6. The fraction of sp³-hybridized carbons (Fsp3) is 0.588. The van der Waals surface area contributed by atoms with Crippen molar-refractivity contribution < 1.29 is 4.79 Å². The van der Waals surface area contributed by atoms with Crippen LogP contribution in [0.25, 0.3) is 0 Å². The van der Waals surface area contributed by atoms with E-state index in [4.69, 9.17) is 0 Å². The monoisotopic (exact) mass is 270 g/mol. The lowest BCUT2D eigenvalue weighted by molar-refractivity contribution is 0.220. The van der Waals surface area contributed by atoms with E-state index < -0.39 is 0 Å². The van der Waals surface area contributed by atoms with Gasteiger partial charge in [-0.3, -0.25) is 4.90 Å². The number of aliphatic imine (C=N–C) groups is 1. The van der Waals surface area contributed by atoms with Gasteiger partial charge in [0.2, 0.25) is 6.08 Å². The van der Waals surface area contributed by atoms with Crippen molar-refractivity contribution in [2.75, 3.05) is 13.1 Å². The molecule has 0 N–H and O–H groups in total. The van der Waals surface area contributed by atoms with Crippen LogP contribution in [-0.4, -0.2) is 24.1 Å². The van der Waals surface area contributed by atoms with Gasteiger partial charge in [-0.2, -0.15) is 4.99 Å². The Morgan fingerprint density at radius 1 is 1.05 bits per heavy atom. The Balaban J connectivity index is 1.69. The maximum Gasteiger partial charge on any atom is 0.235 e. The number of piperidine rings is 1. The second-order valence-corrected chi connectivity index (χ2v) is 6.12. The number of isocyanates is 1. The summed E-state index contributed by atoms with van der Waals surface area (Å²) < 4.78 is 0. The van der Waals surface area contributed by atoms with Crippen LogP contribution in [0.3, 0.4) is 0 Å². The van der Waals surface area contributed by atoms with Gasteiger partial charge in [0, 0.05) is 6.54 Å². The minimum atomic E-state index is -0.259. The van der Waals surface area contributed by atoms with Crippen LogP contribution >= 0.6 is 0 Å². The van der Waals surface area contributed by atoms with Gasteiger partial charge in [0.1, 0.15) is 0 Å². The van der Waals surface area contributed by atoms with Crippen LogP contribution in [0.15, 0.2) is 29.3 Å². The number of likely N-dealkylation sites (tertiary alicyclic amines) is 1. The van der Waals surface area contributed by atoms with E-state index in [1.54, 1.807) is 6.08 Å². The van der Waals surface area contributed by atoms with Crippen LogP contribution in [0.5, 0.6) is 0 Å². The normalized spacial score (nSPS) is 21.8. The zero-order valence-corrected chi connectivity index (χ0v) is 12.0. The molecular weight excluding hydrogens is 248 g/mol. The van der Waals surface area contributed by atoms with Crippen LogP contribution < -0.4 is 0 Å². The molecule has 0 unspecified atom stereocenters. The molecule has 2 fully saturated rings. The highest BCUT2D eigenvalue weighted by Crippen LogP contribution is 2.44. The van der Waals surface area contributed by atoms with Gasteiger partial charge >= 0.3 is 0 Å². The Hall–Kier alpha value is -1.44. The fourth-order valence-corrected chi connectivity index (χ4v) is 3.36. The quantitative estimate of drug-likeness (QED) is 0.620. The van der Waals surface area contributed by atoms with E-state index in [0.29, 0.717) is 0 Å². The van der Waals surface area contributed by atoms with Crippen LogP contribution in [0, 0.1) is 0 Å². The number of hydrogen-bond donors (Lipinski definition) is 0. The summed E-state index contributed by atoms with van der Waals surface area (Å²) in [5.74, 6) is 0. The lowest BCUT2D eigenvalue weighted by Gasteiger charge is -2.37. The van der Waals surface area contributed by atoms with Gasteiger partial charge in [0.15, 0.2) is 0 Å². The van der Waals surface area contributed by atoms with Gasteiger partial charge in [-0.15, -0.1) is 0 Å². The van der Waals surface area contributed by atoms with Gasteiger partial charge in [-0.25, -0.2) is 4.79 Å². The summed E-state index contributed by atoms with van der Waals surface area (Å²) in [6.07, 6.45) is 8.90. The number of benzene rings is 1. The Morgan fingerprint density at radius 2 is 1.75 bits per heavy atom. The molecule has 106 valence electrons. The van der Waals surface area contributed by atoms with Crippen molar-refractivity contribution in [2.24, 2.45) is 4.99 Å². The summed E-state index contributed by atoms with van der Waals surface area (Å²) in [4.78, 5) is 17.2. The van der Waals surface area contributed by atoms with Gasteiger partial charge in [0.05, 0.1) is 5.54 Å². The van der Waals surface area contributed by atoms with Crippen molar-refractivity contribution in [2.45, 2.75) is 50.6 Å². The molecule has 0 atom stereocenters. The Kier molecular flexibility index (Phi) is 4.00. The first-order chi connectivity index (χ1) is 9.82. The van der Waals surface area contributed by atoms with E-state index in [1.807, 2.05) is 0 Å². The molecule has 0 aromatic heterocycles. The largest absolute Gasteiger partial charge is 0.299 e. The van der Waals surface area contributed by atoms with Crippen LogP contribution in [0.1, 0.15) is 49.7 Å². The van der Waals surface area contributed by atoms with Crippen molar-refractivity contribution in [3.63, 3.8) is 0 Å². The van der Waals surface area contributed by atoms with Gasteiger partial charge in [-0.1, -0.05) is 30.7 Å². The van der Waals surface area contributed by atoms with Gasteiger partial charge in [0.25, 0.3) is 0 Å². The maximum atomic E-state index is 10.6. The SMILES string of the molecule is O=C=NC1(c2ccc(CN3CCCCC3)cc2)CCC1. The summed E-state index contributed by atoms with van der Waals surface area (Å²) in [6.45, 7) is 3.49. The van der Waals surface area contributed by atoms with Crippen molar-refractivity contribution in [1.82, 2.24) is 4.90 Å². The molecule has 3 rings (SSSR count). The molecule has 0 amide bonds. The number of hydrogen-bond acceptors (Lipinski definition) is 3. The zero-order valence-electron chi connectivity index (χ0n) is 12.0. The minimum Gasteiger partial charge on any atom is -0.299 e. The molecule has 1 aliphatic carbocycles. The molecule has 3 heteroatoms. The minimum absolute atomic E-state index is 0.259. The lowest BCUT2D eigenvalue weighted by Crippen LogP contribution is -2.32. The van der Waals surface area contributed by atoms with Crippen molar-refractivity contribution in [3.05, 3.63) is 35.4 Å². The summed E-state index contributed by atoms with van der Waals surface area (Å²) >= 11 is 0. The van der Waals surface area contributed by atoms with E-state index in [1.165, 1.54) is 43.5 Å². The smallest absolute Gasteiger partial charge is 0.235 e. The molecule has 20 heavy (non-hydrogen) atoms. The first kappa shape index (κ1) is 13.5. The lowest BCUT2D eigenvalue weighted by atomic mass is 9.72. The number of nitrogens with zero attached hydrogens (tertiary/aromatic N) is 2. The average Bonchev–Trinajstić information content (AvgIpc) is 2.45. The van der Waals surface area contributed by atoms with Crippen molar-refractivity contribution in [1.29, 1.82) is 0 Å². The highest BCUT2D eigenvalue weighted by atomic mass is 16.1. The molecular formula is C17H22N2O. The van der Waals surface area contributed by atoms with Gasteiger partial charge < -0.3 is 0 Å². The summed E-state index contributed by atoms with van der Waals surface area (Å²) in [5.41, 5.74) is 2.28. The Labute approximate surface area is 120 Å². The molecule has 1 aromatic rings. The molecule has 3 nitrogen and oxygen atoms in total. The Morgan fingerprint density at radius 3 is 2.30 bits per heavy atom. The predicted octanol–water partition coefficient (Wildman–Crippen LogP) is 3.39. The van der Waals surface area contributed by atoms with Crippen LogP contribution in [0.2, 0.25) is 0 Å². The topological polar surface area (TPSA) is 32.7 Å². The summed E-state index contributed by atoms with van der Waals surface area (Å²) in [6, 6.07) is 8.70. The molecule has 1 saturated carbocycles. The molecule has 0 spiro atoms. The molecule has 0 radical (unpaired) electrons. The fourth-order valence-electron chi connectivity index (χ4n) is 3.36. The van der Waals surface area contributed by atoms with Crippen molar-refractivity contribution >= 4 is 6.08 Å². The van der Waals surface area contributed by atoms with E-state index >= 15 is 0 Å². The van der Waals surface area contributed by atoms with E-state index in [-0.39, 0.29) is 5.54 Å². The second-order valence-electron chi connectivity index (χ2n) is 6.12. The summed E-state index contributed by atoms with van der Waals surface area (Å²) in [5, 5.41) is 0. The average molecular weight is 270 g/mol. The van der Waals surface area contributed by atoms with Crippen molar-refractivity contribution in [3.8, 4) is 0 Å². The molecule has 1 aliphatic heterocycles. The number of rotatable bonds is 4.